The third-order valence-electron chi connectivity index (χ3n) is 2.27. The first-order valence-electron chi connectivity index (χ1n) is 5.92. The molecule has 0 spiro atoms. The molecule has 6 heteroatoms. The molecule has 1 aromatic rings. The van der Waals surface area contributed by atoms with E-state index >= 15 is 0 Å². The minimum atomic E-state index is -0.459. The molecule has 1 aromatic carbocycles. The Morgan fingerprint density at radius 1 is 1.32 bits per heavy atom. The van der Waals surface area contributed by atoms with E-state index in [1.165, 1.54) is 12.1 Å². The zero-order valence-electron chi connectivity index (χ0n) is 11.3. The van der Waals surface area contributed by atoms with Crippen LogP contribution in [0.4, 0.5) is 5.69 Å². The Labute approximate surface area is 111 Å². The van der Waals surface area contributed by atoms with Crippen molar-refractivity contribution in [1.29, 1.82) is 0 Å². The van der Waals surface area contributed by atoms with Gasteiger partial charge in [-0.3, -0.25) is 14.9 Å². The van der Waals surface area contributed by atoms with Crippen LogP contribution in [0.3, 0.4) is 0 Å². The summed E-state index contributed by atoms with van der Waals surface area (Å²) >= 11 is 0. The number of rotatable bonds is 5. The largest absolute Gasteiger partial charge is 0.366 e. The van der Waals surface area contributed by atoms with Gasteiger partial charge in [0.25, 0.3) is 5.69 Å². The van der Waals surface area contributed by atoms with Gasteiger partial charge in [-0.2, -0.15) is 0 Å². The zero-order valence-corrected chi connectivity index (χ0v) is 11.3. The molecule has 0 heterocycles. The molecule has 1 rings (SSSR count). The lowest BCUT2D eigenvalue weighted by Gasteiger charge is -2.18. The first-order chi connectivity index (χ1) is 8.78. The molecule has 0 aliphatic rings. The maximum absolute atomic E-state index is 11.5. The summed E-state index contributed by atoms with van der Waals surface area (Å²) in [7, 11) is 0. The topological polar surface area (TPSA) is 81.5 Å². The molecule has 0 aromatic heterocycles. The average molecular weight is 266 g/mol. The Balaban J connectivity index is 2.40. The third kappa shape index (κ3) is 5.96. The van der Waals surface area contributed by atoms with E-state index in [9.17, 15) is 14.9 Å². The molecule has 0 radical (unpaired) electrons. The van der Waals surface area contributed by atoms with Crippen molar-refractivity contribution < 1.29 is 14.5 Å². The highest BCUT2D eigenvalue weighted by Crippen LogP contribution is 2.11. The smallest absolute Gasteiger partial charge is 0.269 e. The second-order valence-corrected chi connectivity index (χ2v) is 5.10. The summed E-state index contributed by atoms with van der Waals surface area (Å²) in [6.45, 7) is 5.94. The Morgan fingerprint density at radius 2 is 1.89 bits per heavy atom. The number of nitro groups is 1. The summed E-state index contributed by atoms with van der Waals surface area (Å²) in [4.78, 5) is 21.5. The van der Waals surface area contributed by atoms with Crippen molar-refractivity contribution >= 4 is 11.6 Å². The van der Waals surface area contributed by atoms with Gasteiger partial charge in [0.05, 0.1) is 10.5 Å². The number of nitrogens with one attached hydrogen (secondary N) is 1. The second-order valence-electron chi connectivity index (χ2n) is 5.10. The van der Waals surface area contributed by atoms with Gasteiger partial charge in [0.1, 0.15) is 6.61 Å². The predicted molar refractivity (Wildman–Crippen MR) is 70.6 cm³/mol. The molecule has 0 atom stereocenters. The fraction of sp³-hybridized carbons (Fsp3) is 0.462. The first kappa shape index (κ1) is 15.1. The molecule has 0 aliphatic carbocycles. The minimum Gasteiger partial charge on any atom is -0.366 e. The van der Waals surface area contributed by atoms with Crippen LogP contribution >= 0.6 is 0 Å². The predicted octanol–water partition coefficient (Wildman–Crippen LogP) is 2.03. The number of benzene rings is 1. The Kier molecular flexibility index (Phi) is 5.00. The van der Waals surface area contributed by atoms with Gasteiger partial charge < -0.3 is 10.1 Å². The van der Waals surface area contributed by atoms with Crippen molar-refractivity contribution in [3.05, 3.63) is 39.9 Å². The molecule has 0 fully saturated rings. The van der Waals surface area contributed by atoms with Crippen molar-refractivity contribution in [3.63, 3.8) is 0 Å². The molecule has 0 unspecified atom stereocenters. The molecule has 0 saturated carbocycles. The number of nitro benzene ring substituents is 1. The zero-order chi connectivity index (χ0) is 14.5. The van der Waals surface area contributed by atoms with E-state index in [4.69, 9.17) is 4.74 Å². The Hall–Kier alpha value is -1.95. The number of hydrogen-bond acceptors (Lipinski definition) is 4. The number of amides is 1. The van der Waals surface area contributed by atoms with Crippen LogP contribution in [0.1, 0.15) is 26.3 Å². The number of non-ortho nitro benzene ring substituents is 1. The highest BCUT2D eigenvalue weighted by atomic mass is 16.6. The highest BCUT2D eigenvalue weighted by Gasteiger charge is 2.12. The number of carbonyl (C=O) groups excluding carboxylic acids is 1. The van der Waals surface area contributed by atoms with Crippen LogP contribution in [0.15, 0.2) is 24.3 Å². The van der Waals surface area contributed by atoms with E-state index < -0.39 is 4.92 Å². The molecule has 6 nitrogen and oxygen atoms in total. The molecule has 104 valence electrons. The average Bonchev–Trinajstić information content (AvgIpc) is 2.33. The maximum atomic E-state index is 11.5. The summed E-state index contributed by atoms with van der Waals surface area (Å²) in [6.07, 6.45) is 0. The standard InChI is InChI=1S/C13H18N2O4/c1-13(2,3)19-9-12(16)14-8-10-4-6-11(7-5-10)15(17)18/h4-7H,8-9H2,1-3H3,(H,14,16). The van der Waals surface area contributed by atoms with Gasteiger partial charge in [-0.15, -0.1) is 0 Å². The first-order valence-corrected chi connectivity index (χ1v) is 5.92. The van der Waals surface area contributed by atoms with Gasteiger partial charge in [-0.1, -0.05) is 12.1 Å². The maximum Gasteiger partial charge on any atom is 0.269 e. The van der Waals surface area contributed by atoms with Gasteiger partial charge in [-0.25, -0.2) is 0 Å². The van der Waals surface area contributed by atoms with Gasteiger partial charge in [0, 0.05) is 18.7 Å². The van der Waals surface area contributed by atoms with Crippen LogP contribution < -0.4 is 5.32 Å². The summed E-state index contributed by atoms with van der Waals surface area (Å²) in [5.41, 5.74) is 0.478. The van der Waals surface area contributed by atoms with E-state index in [1.54, 1.807) is 12.1 Å². The summed E-state index contributed by atoms with van der Waals surface area (Å²) < 4.78 is 5.33. The Morgan fingerprint density at radius 3 is 2.37 bits per heavy atom. The van der Waals surface area contributed by atoms with Gasteiger partial charge in [0.2, 0.25) is 5.91 Å². The van der Waals surface area contributed by atoms with Crippen molar-refractivity contribution in [3.8, 4) is 0 Å². The molecule has 19 heavy (non-hydrogen) atoms. The van der Waals surface area contributed by atoms with Crippen LogP contribution in [0, 0.1) is 10.1 Å². The fourth-order valence-electron chi connectivity index (χ4n) is 1.27. The van der Waals surface area contributed by atoms with Crippen molar-refractivity contribution in [2.75, 3.05) is 6.61 Å². The van der Waals surface area contributed by atoms with E-state index in [0.717, 1.165) is 5.56 Å². The van der Waals surface area contributed by atoms with Crippen LogP contribution in [-0.2, 0) is 16.1 Å². The molecular weight excluding hydrogens is 248 g/mol. The second kappa shape index (κ2) is 6.29. The molecule has 0 aliphatic heterocycles. The SMILES string of the molecule is CC(C)(C)OCC(=O)NCc1ccc([N+](=O)[O-])cc1. The quantitative estimate of drug-likeness (QED) is 0.653. The summed E-state index contributed by atoms with van der Waals surface area (Å²) in [5.74, 6) is -0.215. The monoisotopic (exact) mass is 266 g/mol. The molecule has 1 amide bonds. The van der Waals surface area contributed by atoms with E-state index in [1.807, 2.05) is 20.8 Å². The number of ether oxygens (including phenoxy) is 1. The highest BCUT2D eigenvalue weighted by molar-refractivity contribution is 5.77. The van der Waals surface area contributed by atoms with Crippen molar-refractivity contribution in [2.24, 2.45) is 0 Å². The lowest BCUT2D eigenvalue weighted by Crippen LogP contribution is -2.31. The summed E-state index contributed by atoms with van der Waals surface area (Å²) in [6, 6.07) is 6.05. The van der Waals surface area contributed by atoms with Gasteiger partial charge >= 0.3 is 0 Å². The lowest BCUT2D eigenvalue weighted by atomic mass is 10.2. The van der Waals surface area contributed by atoms with Crippen LogP contribution in [0.25, 0.3) is 0 Å². The van der Waals surface area contributed by atoms with Gasteiger partial charge in [0.15, 0.2) is 0 Å². The van der Waals surface area contributed by atoms with Crippen LogP contribution in [0.5, 0.6) is 0 Å². The third-order valence-corrected chi connectivity index (χ3v) is 2.27. The fourth-order valence-corrected chi connectivity index (χ4v) is 1.27. The van der Waals surface area contributed by atoms with Crippen LogP contribution in [-0.4, -0.2) is 23.0 Å². The molecule has 0 bridgehead atoms. The molecule has 1 N–H and O–H groups in total. The van der Waals surface area contributed by atoms with Crippen molar-refractivity contribution in [1.82, 2.24) is 5.32 Å². The minimum absolute atomic E-state index is 0.00349. The normalized spacial score (nSPS) is 11.1. The molecular formula is C13H18N2O4. The number of hydrogen-bond donors (Lipinski definition) is 1. The van der Waals surface area contributed by atoms with Gasteiger partial charge in [-0.05, 0) is 26.3 Å². The summed E-state index contributed by atoms with van der Waals surface area (Å²) in [5, 5.41) is 13.2. The van der Waals surface area contributed by atoms with E-state index in [0.29, 0.717) is 6.54 Å². The van der Waals surface area contributed by atoms with E-state index in [2.05, 4.69) is 5.32 Å². The van der Waals surface area contributed by atoms with E-state index in [-0.39, 0.29) is 23.8 Å². The van der Waals surface area contributed by atoms with Crippen LogP contribution in [0.2, 0.25) is 0 Å². The number of nitrogens with zero attached hydrogens (tertiary/aromatic N) is 1. The Bertz CT molecular complexity index is 449. The molecule has 0 saturated heterocycles. The van der Waals surface area contributed by atoms with Crippen molar-refractivity contribution in [2.45, 2.75) is 32.9 Å². The number of carbonyl (C=O) groups is 1. The lowest BCUT2D eigenvalue weighted by molar-refractivity contribution is -0.384.